The first kappa shape index (κ1) is 82.0. The summed E-state index contributed by atoms with van der Waals surface area (Å²) in [7, 11) is 0. The molecule has 2 atom stereocenters. The number of carbonyl (C=O) groups is 7. The summed E-state index contributed by atoms with van der Waals surface area (Å²) in [6.45, 7) is 34.6. The van der Waals surface area contributed by atoms with Gasteiger partial charge in [-0.05, 0) is 61.2 Å². The molecule has 0 aliphatic heterocycles. The van der Waals surface area contributed by atoms with Crippen LogP contribution in [0.4, 0.5) is 0 Å². The zero-order valence-electron chi connectivity index (χ0n) is 53.9. The SMILES string of the molecule is CC(C)CCOCCOCCOCCNC(=O)C(NC(=O)CCCNC(=O)CC(C)C)C(C)C.CC(C)CCOCCOCCOCCNC(=O)C(NC(=O)COCCOCCOCCOCCNC(=O)CCCNC(=O)CC(C)C)C(C)C. The summed E-state index contributed by atoms with van der Waals surface area (Å²) in [4.78, 5) is 84.6. The van der Waals surface area contributed by atoms with Crippen LogP contribution in [-0.4, -0.2) is 218 Å². The molecule has 7 N–H and O–H groups in total. The highest BCUT2D eigenvalue weighted by Crippen LogP contribution is 2.06. The molecule has 0 bridgehead atoms. The van der Waals surface area contributed by atoms with Crippen LogP contribution in [0.3, 0.4) is 0 Å². The van der Waals surface area contributed by atoms with Crippen LogP contribution in [0.1, 0.15) is 134 Å². The van der Waals surface area contributed by atoms with Gasteiger partial charge in [-0.2, -0.15) is 0 Å². The van der Waals surface area contributed by atoms with Gasteiger partial charge in [0.05, 0.1) is 112 Å². The first-order chi connectivity index (χ1) is 40.2. The molecule has 0 aliphatic rings. The molecule has 0 radical (unpaired) electrons. The van der Waals surface area contributed by atoms with E-state index in [1.54, 1.807) is 0 Å². The molecular weight excluding hydrogens is 1090 g/mol. The highest BCUT2D eigenvalue weighted by molar-refractivity contribution is 5.88. The molecule has 0 heterocycles. The molecule has 494 valence electrons. The van der Waals surface area contributed by atoms with Crippen LogP contribution in [0.2, 0.25) is 0 Å². The molecule has 84 heavy (non-hydrogen) atoms. The summed E-state index contributed by atoms with van der Waals surface area (Å²) < 4.78 is 54.5. The van der Waals surface area contributed by atoms with Crippen molar-refractivity contribution in [1.82, 2.24) is 37.2 Å². The van der Waals surface area contributed by atoms with Crippen molar-refractivity contribution < 1.29 is 80.9 Å². The molecule has 0 aromatic rings. The quantitative estimate of drug-likeness (QED) is 0.0427. The molecule has 0 saturated heterocycles. The Balaban J connectivity index is 0. The molecule has 0 aromatic heterocycles. The normalized spacial score (nSPS) is 12.1. The van der Waals surface area contributed by atoms with E-state index in [9.17, 15) is 33.6 Å². The number of carbonyl (C=O) groups excluding carboxylic acids is 7. The predicted octanol–water partition coefficient (Wildman–Crippen LogP) is 3.75. The lowest BCUT2D eigenvalue weighted by molar-refractivity contribution is -0.133. The first-order valence-corrected chi connectivity index (χ1v) is 30.9. The second-order valence-corrected chi connectivity index (χ2v) is 22.5. The van der Waals surface area contributed by atoms with Crippen molar-refractivity contribution in [3.8, 4) is 0 Å². The van der Waals surface area contributed by atoms with Crippen LogP contribution >= 0.6 is 0 Å². The second kappa shape index (κ2) is 57.9. The lowest BCUT2D eigenvalue weighted by atomic mass is 10.0. The number of amides is 7. The van der Waals surface area contributed by atoms with Gasteiger partial charge >= 0.3 is 0 Å². The van der Waals surface area contributed by atoms with Gasteiger partial charge in [0.1, 0.15) is 18.7 Å². The molecule has 0 spiro atoms. The maximum Gasteiger partial charge on any atom is 0.246 e. The van der Waals surface area contributed by atoms with Crippen LogP contribution in [0.25, 0.3) is 0 Å². The molecule has 7 amide bonds. The first-order valence-electron chi connectivity index (χ1n) is 30.9. The fourth-order valence-corrected chi connectivity index (χ4v) is 6.98. The third-order valence-electron chi connectivity index (χ3n) is 11.7. The van der Waals surface area contributed by atoms with Crippen molar-refractivity contribution in [2.75, 3.05) is 165 Å². The number of ether oxygens (including phenoxy) is 10. The van der Waals surface area contributed by atoms with Gasteiger partial charge in [-0.15, -0.1) is 0 Å². The average Bonchev–Trinajstić information content (AvgIpc) is 3.49. The average molecular weight is 1210 g/mol. The van der Waals surface area contributed by atoms with Crippen LogP contribution < -0.4 is 37.2 Å². The van der Waals surface area contributed by atoms with E-state index < -0.39 is 12.1 Å². The summed E-state index contributed by atoms with van der Waals surface area (Å²) in [5.74, 6) is 0.569. The van der Waals surface area contributed by atoms with E-state index in [0.29, 0.717) is 194 Å². The maximum atomic E-state index is 12.6. The number of hydrogen-bond donors (Lipinski definition) is 7. The topological polar surface area (TPSA) is 296 Å². The second-order valence-electron chi connectivity index (χ2n) is 22.5. The smallest absolute Gasteiger partial charge is 0.246 e. The van der Waals surface area contributed by atoms with E-state index in [1.807, 2.05) is 55.4 Å². The van der Waals surface area contributed by atoms with Gasteiger partial charge in [0.25, 0.3) is 0 Å². The third-order valence-corrected chi connectivity index (χ3v) is 11.7. The fraction of sp³-hybridized carbons (Fsp3) is 0.883. The van der Waals surface area contributed by atoms with Crippen molar-refractivity contribution in [3.63, 3.8) is 0 Å². The van der Waals surface area contributed by atoms with Gasteiger partial charge in [0.15, 0.2) is 0 Å². The zero-order chi connectivity index (χ0) is 63.0. The summed E-state index contributed by atoms with van der Waals surface area (Å²) in [6, 6.07) is -1.30. The maximum absolute atomic E-state index is 12.6. The molecule has 0 rings (SSSR count). The van der Waals surface area contributed by atoms with Crippen LogP contribution in [0.5, 0.6) is 0 Å². The lowest BCUT2D eigenvalue weighted by Gasteiger charge is -2.21. The van der Waals surface area contributed by atoms with E-state index in [-0.39, 0.29) is 72.8 Å². The fourth-order valence-electron chi connectivity index (χ4n) is 6.98. The van der Waals surface area contributed by atoms with E-state index in [2.05, 4.69) is 64.9 Å². The molecule has 0 saturated carbocycles. The van der Waals surface area contributed by atoms with Gasteiger partial charge < -0.3 is 84.6 Å². The molecule has 0 fully saturated rings. The summed E-state index contributed by atoms with van der Waals surface area (Å²) >= 11 is 0. The Morgan fingerprint density at radius 3 is 0.905 bits per heavy atom. The minimum atomic E-state index is -0.688. The zero-order valence-corrected chi connectivity index (χ0v) is 53.9. The van der Waals surface area contributed by atoms with Crippen molar-refractivity contribution in [2.45, 2.75) is 147 Å². The molecule has 24 heteroatoms. The van der Waals surface area contributed by atoms with Crippen molar-refractivity contribution in [3.05, 3.63) is 0 Å². The minimum absolute atomic E-state index is 0.00487. The molecular formula is C60H117N7O17. The summed E-state index contributed by atoms with van der Waals surface area (Å²) in [5, 5.41) is 19.5. The van der Waals surface area contributed by atoms with Crippen LogP contribution in [0, 0.1) is 35.5 Å². The largest absolute Gasteiger partial charge is 0.379 e. The van der Waals surface area contributed by atoms with Gasteiger partial charge in [-0.1, -0.05) is 83.1 Å². The highest BCUT2D eigenvalue weighted by atomic mass is 16.6. The number of nitrogens with one attached hydrogen (secondary N) is 7. The Morgan fingerprint density at radius 1 is 0.286 bits per heavy atom. The van der Waals surface area contributed by atoms with Crippen molar-refractivity contribution in [2.24, 2.45) is 35.5 Å². The minimum Gasteiger partial charge on any atom is -0.379 e. The highest BCUT2D eigenvalue weighted by Gasteiger charge is 2.25. The standard InChI is InChI=1S/C35H68N4O11.C25H49N3O6/c1-28(2)9-13-44-16-19-47-21-18-46-15-12-38-35(43)34(30(5)6)39-33(42)27-50-25-24-49-23-22-48-20-17-45-14-11-37-31(40)8-7-10-36-32(41)26-29(3)4;1-19(2)9-12-32-14-16-34-17-15-33-13-11-27-25(31)24(21(5)6)28-22(29)8-7-10-26-23(30)18-20(3)4/h28-30,34H,7-27H2,1-6H3,(H,36,41)(H,37,40)(H,38,43)(H,39,42);19-21,24H,7-18H2,1-6H3,(H,26,30)(H,27,31)(H,28,29). The van der Waals surface area contributed by atoms with Crippen LogP contribution in [0.15, 0.2) is 0 Å². The Hall–Kier alpha value is -4.11. The van der Waals surface area contributed by atoms with E-state index in [1.165, 1.54) is 0 Å². The Morgan fingerprint density at radius 2 is 0.571 bits per heavy atom. The molecule has 0 aliphatic carbocycles. The van der Waals surface area contributed by atoms with Crippen molar-refractivity contribution >= 4 is 41.4 Å². The van der Waals surface area contributed by atoms with Gasteiger partial charge in [0.2, 0.25) is 41.4 Å². The van der Waals surface area contributed by atoms with Gasteiger partial charge in [-0.3, -0.25) is 33.6 Å². The Bertz CT molecular complexity index is 1640. The molecule has 0 aromatic carbocycles. The summed E-state index contributed by atoms with van der Waals surface area (Å²) in [5.41, 5.74) is 0. The van der Waals surface area contributed by atoms with Crippen LogP contribution in [-0.2, 0) is 80.9 Å². The Kier molecular flexibility index (Phi) is 56.5. The van der Waals surface area contributed by atoms with E-state index in [0.717, 1.165) is 26.1 Å². The van der Waals surface area contributed by atoms with E-state index in [4.69, 9.17) is 47.4 Å². The van der Waals surface area contributed by atoms with Crippen molar-refractivity contribution in [1.29, 1.82) is 0 Å². The Labute approximate surface area is 504 Å². The third kappa shape index (κ3) is 58.3. The predicted molar refractivity (Wildman–Crippen MR) is 323 cm³/mol. The number of hydrogen-bond acceptors (Lipinski definition) is 17. The number of rotatable bonds is 56. The van der Waals surface area contributed by atoms with Gasteiger partial charge in [0, 0.05) is 71.6 Å². The molecule has 24 nitrogen and oxygen atoms in total. The molecule has 2 unspecified atom stereocenters. The monoisotopic (exact) mass is 1210 g/mol. The summed E-state index contributed by atoms with van der Waals surface area (Å²) in [6.07, 6.45) is 4.79. The van der Waals surface area contributed by atoms with Gasteiger partial charge in [-0.25, -0.2) is 0 Å². The van der Waals surface area contributed by atoms with E-state index >= 15 is 0 Å². The lowest BCUT2D eigenvalue weighted by Crippen LogP contribution is -2.51.